The molecule has 0 aliphatic heterocycles. The fourth-order valence-electron chi connectivity index (χ4n) is 0.986. The predicted molar refractivity (Wildman–Crippen MR) is 51.3 cm³/mol. The van der Waals surface area contributed by atoms with Crippen molar-refractivity contribution in [1.29, 1.82) is 0 Å². The first-order chi connectivity index (χ1) is 5.65. The quantitative estimate of drug-likeness (QED) is 0.691. The molecular formula is C9H13N3. The van der Waals surface area contributed by atoms with E-state index in [-0.39, 0.29) is 6.04 Å². The molecule has 12 heavy (non-hydrogen) atoms. The van der Waals surface area contributed by atoms with Gasteiger partial charge in [0.05, 0.1) is 0 Å². The first-order valence-corrected chi connectivity index (χ1v) is 3.78. The lowest BCUT2D eigenvalue weighted by atomic mass is 10.1. The standard InChI is InChI=1S/C9H13N3/c1-3-7-4-8(6(2)10)9(11)12-5-7/h3-6H,1,10H2,2H3,(H2,11,12). The fraction of sp³-hybridized carbons (Fsp3) is 0.222. The maximum Gasteiger partial charge on any atom is 0.128 e. The van der Waals surface area contributed by atoms with Crippen LogP contribution in [0.2, 0.25) is 0 Å². The molecule has 0 aliphatic carbocycles. The molecule has 1 aromatic heterocycles. The summed E-state index contributed by atoms with van der Waals surface area (Å²) in [5.74, 6) is 0.496. The largest absolute Gasteiger partial charge is 0.383 e. The van der Waals surface area contributed by atoms with Crippen LogP contribution >= 0.6 is 0 Å². The third-order valence-electron chi connectivity index (χ3n) is 1.70. The topological polar surface area (TPSA) is 64.9 Å². The Morgan fingerprint density at radius 1 is 1.67 bits per heavy atom. The highest BCUT2D eigenvalue weighted by Gasteiger charge is 2.04. The van der Waals surface area contributed by atoms with E-state index in [9.17, 15) is 0 Å². The summed E-state index contributed by atoms with van der Waals surface area (Å²) in [4.78, 5) is 4.00. The van der Waals surface area contributed by atoms with Gasteiger partial charge in [-0.25, -0.2) is 4.98 Å². The Morgan fingerprint density at radius 2 is 2.33 bits per heavy atom. The molecule has 4 N–H and O–H groups in total. The summed E-state index contributed by atoms with van der Waals surface area (Å²) < 4.78 is 0. The van der Waals surface area contributed by atoms with Gasteiger partial charge in [0.2, 0.25) is 0 Å². The third-order valence-corrected chi connectivity index (χ3v) is 1.70. The maximum atomic E-state index is 5.68. The molecule has 0 aliphatic rings. The molecule has 0 saturated heterocycles. The number of nitrogens with zero attached hydrogens (tertiary/aromatic N) is 1. The highest BCUT2D eigenvalue weighted by molar-refractivity contribution is 5.52. The highest BCUT2D eigenvalue weighted by Crippen LogP contribution is 2.17. The SMILES string of the molecule is C=Cc1cnc(N)c(C(C)N)c1. The molecule has 3 nitrogen and oxygen atoms in total. The zero-order valence-electron chi connectivity index (χ0n) is 7.12. The van der Waals surface area contributed by atoms with Crippen molar-refractivity contribution < 1.29 is 0 Å². The van der Waals surface area contributed by atoms with Gasteiger partial charge >= 0.3 is 0 Å². The van der Waals surface area contributed by atoms with Gasteiger partial charge in [-0.1, -0.05) is 12.7 Å². The van der Waals surface area contributed by atoms with E-state index in [2.05, 4.69) is 11.6 Å². The van der Waals surface area contributed by atoms with Gasteiger partial charge in [-0.2, -0.15) is 0 Å². The van der Waals surface area contributed by atoms with Crippen LogP contribution in [0, 0.1) is 0 Å². The van der Waals surface area contributed by atoms with Crippen molar-refractivity contribution in [3.05, 3.63) is 30.0 Å². The van der Waals surface area contributed by atoms with Crippen molar-refractivity contribution in [3.8, 4) is 0 Å². The Bertz CT molecular complexity index is 292. The Labute approximate surface area is 72.1 Å². The maximum absolute atomic E-state index is 5.68. The van der Waals surface area contributed by atoms with Crippen LogP contribution < -0.4 is 11.5 Å². The molecule has 0 bridgehead atoms. The highest BCUT2D eigenvalue weighted by atomic mass is 14.8. The Kier molecular flexibility index (Phi) is 2.45. The Hall–Kier alpha value is -1.35. The van der Waals surface area contributed by atoms with E-state index in [0.717, 1.165) is 11.1 Å². The fourth-order valence-corrected chi connectivity index (χ4v) is 0.986. The number of rotatable bonds is 2. The number of aromatic nitrogens is 1. The molecule has 0 amide bonds. The van der Waals surface area contributed by atoms with Crippen molar-refractivity contribution in [3.63, 3.8) is 0 Å². The van der Waals surface area contributed by atoms with E-state index in [1.807, 2.05) is 13.0 Å². The first kappa shape index (κ1) is 8.74. The smallest absolute Gasteiger partial charge is 0.128 e. The van der Waals surface area contributed by atoms with Crippen LogP contribution in [0.1, 0.15) is 24.1 Å². The lowest BCUT2D eigenvalue weighted by molar-refractivity contribution is 0.815. The summed E-state index contributed by atoms with van der Waals surface area (Å²) in [6.07, 6.45) is 3.40. The van der Waals surface area contributed by atoms with Gasteiger partial charge in [0, 0.05) is 17.8 Å². The van der Waals surface area contributed by atoms with Gasteiger partial charge in [0.25, 0.3) is 0 Å². The van der Waals surface area contributed by atoms with E-state index >= 15 is 0 Å². The van der Waals surface area contributed by atoms with E-state index in [1.54, 1.807) is 12.3 Å². The lowest BCUT2D eigenvalue weighted by Crippen LogP contribution is -2.09. The van der Waals surface area contributed by atoms with Crippen LogP contribution in [0.5, 0.6) is 0 Å². The number of pyridine rings is 1. The molecule has 0 aromatic carbocycles. The monoisotopic (exact) mass is 163 g/mol. The number of nitrogen functional groups attached to an aromatic ring is 1. The van der Waals surface area contributed by atoms with Crippen LogP contribution in [0.15, 0.2) is 18.8 Å². The number of hydrogen-bond donors (Lipinski definition) is 2. The van der Waals surface area contributed by atoms with Crippen LogP contribution in [-0.2, 0) is 0 Å². The minimum Gasteiger partial charge on any atom is -0.383 e. The molecule has 1 unspecified atom stereocenters. The van der Waals surface area contributed by atoms with Crippen molar-refractivity contribution in [2.75, 3.05) is 5.73 Å². The van der Waals surface area contributed by atoms with Gasteiger partial charge in [-0.3, -0.25) is 0 Å². The molecule has 1 aromatic rings. The second-order valence-corrected chi connectivity index (χ2v) is 2.74. The molecule has 0 spiro atoms. The number of hydrogen-bond acceptors (Lipinski definition) is 3. The Balaban J connectivity index is 3.16. The molecule has 3 heteroatoms. The van der Waals surface area contributed by atoms with Gasteiger partial charge in [-0.15, -0.1) is 0 Å². The summed E-state index contributed by atoms with van der Waals surface area (Å²) in [6.45, 7) is 5.51. The van der Waals surface area contributed by atoms with Crippen LogP contribution in [-0.4, -0.2) is 4.98 Å². The number of nitrogens with two attached hydrogens (primary N) is 2. The normalized spacial score (nSPS) is 12.5. The zero-order chi connectivity index (χ0) is 9.14. The van der Waals surface area contributed by atoms with E-state index in [0.29, 0.717) is 5.82 Å². The zero-order valence-corrected chi connectivity index (χ0v) is 7.12. The van der Waals surface area contributed by atoms with Gasteiger partial charge in [0.15, 0.2) is 0 Å². The van der Waals surface area contributed by atoms with Crippen molar-refractivity contribution in [2.24, 2.45) is 5.73 Å². The average molecular weight is 163 g/mol. The lowest BCUT2D eigenvalue weighted by Gasteiger charge is -2.08. The molecule has 0 saturated carbocycles. The van der Waals surface area contributed by atoms with E-state index in [1.165, 1.54) is 0 Å². The second kappa shape index (κ2) is 3.36. The molecule has 0 fully saturated rings. The van der Waals surface area contributed by atoms with Crippen LogP contribution in [0.25, 0.3) is 6.08 Å². The minimum atomic E-state index is -0.0857. The van der Waals surface area contributed by atoms with Crippen molar-refractivity contribution >= 4 is 11.9 Å². The first-order valence-electron chi connectivity index (χ1n) is 3.78. The summed E-state index contributed by atoms with van der Waals surface area (Å²) in [5.41, 5.74) is 13.1. The molecule has 1 atom stereocenters. The van der Waals surface area contributed by atoms with Gasteiger partial charge < -0.3 is 11.5 Å². The summed E-state index contributed by atoms with van der Waals surface area (Å²) >= 11 is 0. The molecule has 1 heterocycles. The predicted octanol–water partition coefficient (Wildman–Crippen LogP) is 1.33. The van der Waals surface area contributed by atoms with E-state index < -0.39 is 0 Å². The third kappa shape index (κ3) is 1.62. The molecule has 64 valence electrons. The molecular weight excluding hydrogens is 150 g/mol. The minimum absolute atomic E-state index is 0.0857. The Morgan fingerprint density at radius 3 is 2.83 bits per heavy atom. The summed E-state index contributed by atoms with van der Waals surface area (Å²) in [6, 6.07) is 1.82. The summed E-state index contributed by atoms with van der Waals surface area (Å²) in [7, 11) is 0. The molecule has 0 radical (unpaired) electrons. The van der Waals surface area contributed by atoms with Crippen LogP contribution in [0.4, 0.5) is 5.82 Å². The second-order valence-electron chi connectivity index (χ2n) is 2.74. The van der Waals surface area contributed by atoms with E-state index in [4.69, 9.17) is 11.5 Å². The van der Waals surface area contributed by atoms with Crippen LogP contribution in [0.3, 0.4) is 0 Å². The average Bonchev–Trinajstić information content (AvgIpc) is 2.05. The van der Waals surface area contributed by atoms with Gasteiger partial charge in [-0.05, 0) is 18.6 Å². The number of anilines is 1. The van der Waals surface area contributed by atoms with Gasteiger partial charge in [0.1, 0.15) is 5.82 Å². The van der Waals surface area contributed by atoms with Crippen molar-refractivity contribution in [2.45, 2.75) is 13.0 Å². The molecule has 1 rings (SSSR count). The van der Waals surface area contributed by atoms with Crippen molar-refractivity contribution in [1.82, 2.24) is 4.98 Å². The summed E-state index contributed by atoms with van der Waals surface area (Å²) in [5, 5.41) is 0.